The molecule has 0 radical (unpaired) electrons. The molecule has 3 aliphatic heterocycles. The molecule has 45 heavy (non-hydrogen) atoms. The minimum Gasteiger partial charge on any atom is -0.458 e. The van der Waals surface area contributed by atoms with Crippen molar-refractivity contribution in [3.8, 4) is 0 Å². The topological polar surface area (TPSA) is 149 Å². The van der Waals surface area contributed by atoms with Gasteiger partial charge in [0, 0.05) is 52.4 Å². The Bertz CT molecular complexity index is 1260. The highest BCUT2D eigenvalue weighted by Gasteiger charge is 2.40. The van der Waals surface area contributed by atoms with E-state index in [9.17, 15) is 28.2 Å². The number of ether oxygens (including phenoxy) is 2. The van der Waals surface area contributed by atoms with Crippen molar-refractivity contribution in [2.45, 2.75) is 63.3 Å². The summed E-state index contributed by atoms with van der Waals surface area (Å²) in [6.07, 6.45) is -4.14. The van der Waals surface area contributed by atoms with E-state index in [0.29, 0.717) is 18.7 Å². The zero-order valence-electron chi connectivity index (χ0n) is 25.4. The maximum Gasteiger partial charge on any atom is 0.434 e. The lowest BCUT2D eigenvalue weighted by atomic mass is 9.95. The van der Waals surface area contributed by atoms with E-state index >= 15 is 0 Å². The molecule has 248 valence electrons. The van der Waals surface area contributed by atoms with Crippen molar-refractivity contribution in [2.75, 3.05) is 69.2 Å². The normalized spacial score (nSPS) is 25.8. The summed E-state index contributed by atoms with van der Waals surface area (Å²) in [6.45, 7) is 10.1. The van der Waals surface area contributed by atoms with E-state index in [0.717, 1.165) is 70.7 Å². The maximum absolute atomic E-state index is 13.0. The van der Waals surface area contributed by atoms with Gasteiger partial charge in [-0.05, 0) is 44.7 Å². The number of anilines is 2. The number of rotatable bonds is 9. The predicted octanol–water partition coefficient (Wildman–Crippen LogP) is 1.29. The zero-order valence-corrected chi connectivity index (χ0v) is 25.4. The lowest BCUT2D eigenvalue weighted by Gasteiger charge is -2.42. The SMILES string of the molecule is CC(C)OC(=O)c1ccc(N2CCC(CN3CCN(C[C@H]4OCC(Nc5cncc(C(F)(F)F)n5)[C@@H](O)[C@H]4O)CC3)CC2)nn1. The number of alkyl halides is 3. The molecule has 0 aliphatic carbocycles. The molecule has 5 rings (SSSR count). The Morgan fingerprint density at radius 1 is 1.02 bits per heavy atom. The van der Waals surface area contributed by atoms with E-state index in [1.54, 1.807) is 19.9 Å². The number of hydrogen-bond donors (Lipinski definition) is 3. The third-order valence-electron chi connectivity index (χ3n) is 8.45. The van der Waals surface area contributed by atoms with Gasteiger partial charge < -0.3 is 34.8 Å². The molecule has 0 amide bonds. The van der Waals surface area contributed by atoms with Crippen molar-refractivity contribution in [1.82, 2.24) is 30.0 Å². The molecule has 0 aromatic carbocycles. The highest BCUT2D eigenvalue weighted by molar-refractivity contribution is 5.87. The van der Waals surface area contributed by atoms with Gasteiger partial charge in [0.25, 0.3) is 0 Å². The number of halogens is 3. The van der Waals surface area contributed by atoms with Crippen LogP contribution in [-0.4, -0.2) is 136 Å². The number of piperidine rings is 1. The fourth-order valence-corrected chi connectivity index (χ4v) is 5.93. The number of aliphatic hydroxyl groups is 2. The summed E-state index contributed by atoms with van der Waals surface area (Å²) in [5.41, 5.74) is -0.946. The van der Waals surface area contributed by atoms with Crippen LogP contribution in [0.15, 0.2) is 24.5 Å². The Hall–Kier alpha value is -3.18. The number of carbonyl (C=O) groups is 1. The highest BCUT2D eigenvalue weighted by atomic mass is 19.4. The second-order valence-electron chi connectivity index (χ2n) is 12.2. The van der Waals surface area contributed by atoms with Crippen LogP contribution in [0.25, 0.3) is 0 Å². The van der Waals surface area contributed by atoms with Crippen molar-refractivity contribution in [3.63, 3.8) is 0 Å². The number of piperazine rings is 1. The first-order valence-corrected chi connectivity index (χ1v) is 15.3. The highest BCUT2D eigenvalue weighted by Crippen LogP contribution is 2.28. The summed E-state index contributed by atoms with van der Waals surface area (Å²) >= 11 is 0. The van der Waals surface area contributed by atoms with Crippen LogP contribution >= 0.6 is 0 Å². The summed E-state index contributed by atoms with van der Waals surface area (Å²) in [5, 5.41) is 32.4. The number of hydrogen-bond acceptors (Lipinski definition) is 13. The molecular weight excluding hydrogens is 597 g/mol. The largest absolute Gasteiger partial charge is 0.458 e. The first-order chi connectivity index (χ1) is 21.5. The number of aromatic nitrogens is 4. The monoisotopic (exact) mass is 638 g/mol. The van der Waals surface area contributed by atoms with Gasteiger partial charge in [-0.2, -0.15) is 13.2 Å². The van der Waals surface area contributed by atoms with Crippen LogP contribution in [0.5, 0.6) is 0 Å². The van der Waals surface area contributed by atoms with Crippen molar-refractivity contribution in [1.29, 1.82) is 0 Å². The zero-order chi connectivity index (χ0) is 32.1. The van der Waals surface area contributed by atoms with E-state index in [2.05, 4.69) is 40.2 Å². The van der Waals surface area contributed by atoms with Gasteiger partial charge in [0.15, 0.2) is 17.2 Å². The van der Waals surface area contributed by atoms with Crippen LogP contribution in [0.3, 0.4) is 0 Å². The Kier molecular flexibility index (Phi) is 10.7. The molecule has 3 aliphatic rings. The van der Waals surface area contributed by atoms with E-state index in [4.69, 9.17) is 9.47 Å². The Morgan fingerprint density at radius 3 is 2.33 bits per heavy atom. The quantitative estimate of drug-likeness (QED) is 0.339. The molecule has 3 fully saturated rings. The van der Waals surface area contributed by atoms with Crippen LogP contribution in [0.2, 0.25) is 0 Å². The molecule has 0 bridgehead atoms. The first-order valence-electron chi connectivity index (χ1n) is 15.3. The summed E-state index contributed by atoms with van der Waals surface area (Å²) in [7, 11) is 0. The van der Waals surface area contributed by atoms with E-state index < -0.39 is 42.2 Å². The van der Waals surface area contributed by atoms with Crippen molar-refractivity contribution < 1.29 is 37.7 Å². The molecule has 5 heterocycles. The molecule has 16 heteroatoms. The minimum absolute atomic E-state index is 0.000117. The predicted molar refractivity (Wildman–Crippen MR) is 157 cm³/mol. The lowest BCUT2D eigenvalue weighted by molar-refractivity contribution is -0.148. The Morgan fingerprint density at radius 2 is 1.71 bits per heavy atom. The van der Waals surface area contributed by atoms with Gasteiger partial charge in [0.05, 0.1) is 37.3 Å². The minimum atomic E-state index is -4.64. The summed E-state index contributed by atoms with van der Waals surface area (Å²) in [5.74, 6) is 0.688. The smallest absolute Gasteiger partial charge is 0.434 e. The van der Waals surface area contributed by atoms with Crippen LogP contribution in [-0.2, 0) is 15.7 Å². The number of esters is 1. The summed E-state index contributed by atoms with van der Waals surface area (Å²) in [4.78, 5) is 25.9. The molecule has 2 aromatic heterocycles. The number of aliphatic hydroxyl groups excluding tert-OH is 2. The van der Waals surface area contributed by atoms with Gasteiger partial charge in [-0.1, -0.05) is 0 Å². The molecule has 13 nitrogen and oxygen atoms in total. The standard InChI is InChI=1S/C29H41F3N8O5/c1-18(2)45-28(43)20-3-4-25(37-36-20)40-7-5-19(6-8-40)15-38-9-11-39(12-10-38)16-22-27(42)26(41)21(17-44-22)34-24-14-33-13-23(35-24)29(30,31)32/h3-4,13-14,18-19,21-22,26-27,41-42H,5-12,15-17H2,1-2H3,(H,34,35)/t21?,22-,26-,27+/m1/s1. The van der Waals surface area contributed by atoms with Gasteiger partial charge in [-0.15, -0.1) is 10.2 Å². The second-order valence-corrected chi connectivity index (χ2v) is 12.2. The van der Waals surface area contributed by atoms with E-state index in [1.165, 1.54) is 0 Å². The second kappa shape index (κ2) is 14.5. The van der Waals surface area contributed by atoms with Crippen molar-refractivity contribution in [2.24, 2.45) is 5.92 Å². The van der Waals surface area contributed by atoms with Crippen LogP contribution in [0.4, 0.5) is 24.8 Å². The van der Waals surface area contributed by atoms with Crippen LogP contribution < -0.4 is 10.2 Å². The van der Waals surface area contributed by atoms with Crippen LogP contribution in [0.1, 0.15) is 42.9 Å². The molecule has 0 saturated carbocycles. The van der Waals surface area contributed by atoms with Crippen LogP contribution in [0, 0.1) is 5.92 Å². The van der Waals surface area contributed by atoms with Gasteiger partial charge >= 0.3 is 12.1 Å². The number of nitrogens with one attached hydrogen (secondary N) is 1. The average molecular weight is 639 g/mol. The molecule has 0 spiro atoms. The molecule has 2 aromatic rings. The molecule has 4 atom stereocenters. The number of nitrogens with zero attached hydrogens (tertiary/aromatic N) is 7. The Balaban J connectivity index is 1.01. The number of carbonyl (C=O) groups excluding carboxylic acids is 1. The van der Waals surface area contributed by atoms with Crippen molar-refractivity contribution >= 4 is 17.6 Å². The van der Waals surface area contributed by atoms with Gasteiger partial charge in [0.2, 0.25) is 0 Å². The summed E-state index contributed by atoms with van der Waals surface area (Å²) in [6, 6.07) is 2.64. The lowest BCUT2D eigenvalue weighted by Crippen LogP contribution is -2.59. The van der Waals surface area contributed by atoms with Gasteiger partial charge in [-0.3, -0.25) is 9.88 Å². The average Bonchev–Trinajstić information content (AvgIpc) is 3.02. The van der Waals surface area contributed by atoms with Crippen molar-refractivity contribution in [3.05, 3.63) is 35.9 Å². The van der Waals surface area contributed by atoms with Gasteiger partial charge in [-0.25, -0.2) is 9.78 Å². The first kappa shape index (κ1) is 33.2. The Labute approximate surface area is 259 Å². The van der Waals surface area contributed by atoms with Gasteiger partial charge in [0.1, 0.15) is 18.0 Å². The third-order valence-corrected chi connectivity index (χ3v) is 8.45. The molecule has 3 saturated heterocycles. The fraction of sp³-hybridized carbons (Fsp3) is 0.690. The maximum atomic E-state index is 13.0. The molecule has 1 unspecified atom stereocenters. The summed E-state index contributed by atoms with van der Waals surface area (Å²) < 4.78 is 49.9. The fourth-order valence-electron chi connectivity index (χ4n) is 5.93. The van der Waals surface area contributed by atoms with E-state index in [-0.39, 0.29) is 24.2 Å². The molecular formula is C29H41F3N8O5. The van der Waals surface area contributed by atoms with E-state index in [1.807, 2.05) is 6.07 Å². The molecule has 3 N–H and O–H groups in total. The third kappa shape index (κ3) is 8.76.